The van der Waals surface area contributed by atoms with Gasteiger partial charge in [-0.25, -0.2) is 0 Å². The molecule has 0 bridgehead atoms. The Morgan fingerprint density at radius 2 is 1.60 bits per heavy atom. The SMILES string of the molecule is NC(=O)[C@@H](C/C=C/c1ccccc1)Cc1ccccc1. The molecule has 102 valence electrons. The van der Waals surface area contributed by atoms with E-state index in [1.165, 1.54) is 0 Å². The van der Waals surface area contributed by atoms with Gasteiger partial charge >= 0.3 is 0 Å². The second kappa shape index (κ2) is 7.29. The highest BCUT2D eigenvalue weighted by molar-refractivity contribution is 5.77. The van der Waals surface area contributed by atoms with Crippen molar-refractivity contribution in [1.82, 2.24) is 0 Å². The number of amides is 1. The fourth-order valence-electron chi connectivity index (χ4n) is 2.13. The van der Waals surface area contributed by atoms with Crippen molar-refractivity contribution >= 4 is 12.0 Å². The second-order valence-electron chi connectivity index (χ2n) is 4.84. The molecule has 0 fully saturated rings. The third kappa shape index (κ3) is 4.39. The lowest BCUT2D eigenvalue weighted by atomic mass is 9.95. The monoisotopic (exact) mass is 265 g/mol. The van der Waals surface area contributed by atoms with Crippen LogP contribution in [0, 0.1) is 5.92 Å². The Labute approximate surface area is 119 Å². The summed E-state index contributed by atoms with van der Waals surface area (Å²) in [5.41, 5.74) is 7.77. The van der Waals surface area contributed by atoms with Crippen LogP contribution in [0.4, 0.5) is 0 Å². The molecule has 1 amide bonds. The minimum Gasteiger partial charge on any atom is -0.369 e. The summed E-state index contributed by atoms with van der Waals surface area (Å²) in [6.07, 6.45) is 5.41. The van der Waals surface area contributed by atoms with Crippen molar-refractivity contribution in [2.24, 2.45) is 11.7 Å². The van der Waals surface area contributed by atoms with Gasteiger partial charge in [0, 0.05) is 5.92 Å². The Bertz CT molecular complexity index is 560. The highest BCUT2D eigenvalue weighted by Crippen LogP contribution is 2.14. The molecule has 0 saturated heterocycles. The molecule has 0 aromatic heterocycles. The fraction of sp³-hybridized carbons (Fsp3) is 0.167. The van der Waals surface area contributed by atoms with E-state index < -0.39 is 0 Å². The Kier molecular flexibility index (Phi) is 5.13. The molecule has 0 radical (unpaired) electrons. The molecule has 1 atom stereocenters. The van der Waals surface area contributed by atoms with E-state index in [1.54, 1.807) is 0 Å². The van der Waals surface area contributed by atoms with E-state index >= 15 is 0 Å². The van der Waals surface area contributed by atoms with Gasteiger partial charge < -0.3 is 5.73 Å². The number of carbonyl (C=O) groups is 1. The first-order chi connectivity index (χ1) is 9.75. The molecule has 0 aliphatic carbocycles. The van der Waals surface area contributed by atoms with Crippen LogP contribution in [-0.4, -0.2) is 5.91 Å². The van der Waals surface area contributed by atoms with Crippen LogP contribution in [0.25, 0.3) is 6.08 Å². The maximum atomic E-state index is 11.5. The Balaban J connectivity index is 1.96. The van der Waals surface area contributed by atoms with Crippen molar-refractivity contribution in [2.75, 3.05) is 0 Å². The largest absolute Gasteiger partial charge is 0.369 e. The molecule has 2 heteroatoms. The summed E-state index contributed by atoms with van der Waals surface area (Å²) in [4.78, 5) is 11.5. The molecule has 0 heterocycles. The van der Waals surface area contributed by atoms with Gasteiger partial charge in [-0.15, -0.1) is 0 Å². The summed E-state index contributed by atoms with van der Waals surface area (Å²) in [5, 5.41) is 0. The fourth-order valence-corrected chi connectivity index (χ4v) is 2.13. The molecule has 2 N–H and O–H groups in total. The number of hydrogen-bond donors (Lipinski definition) is 1. The zero-order chi connectivity index (χ0) is 14.2. The van der Waals surface area contributed by atoms with Crippen LogP contribution in [0.15, 0.2) is 66.7 Å². The molecular weight excluding hydrogens is 246 g/mol. The van der Waals surface area contributed by atoms with Crippen molar-refractivity contribution in [1.29, 1.82) is 0 Å². The van der Waals surface area contributed by atoms with Crippen molar-refractivity contribution in [3.05, 3.63) is 77.9 Å². The Morgan fingerprint density at radius 3 is 2.20 bits per heavy atom. The van der Waals surface area contributed by atoms with Crippen LogP contribution in [0.3, 0.4) is 0 Å². The van der Waals surface area contributed by atoms with E-state index in [4.69, 9.17) is 5.73 Å². The first-order valence-corrected chi connectivity index (χ1v) is 6.80. The van der Waals surface area contributed by atoms with E-state index in [1.807, 2.05) is 72.8 Å². The van der Waals surface area contributed by atoms with Crippen LogP contribution in [0.5, 0.6) is 0 Å². The number of allylic oxidation sites excluding steroid dienone is 1. The predicted octanol–water partition coefficient (Wildman–Crippen LogP) is 3.43. The number of rotatable bonds is 6. The van der Waals surface area contributed by atoms with Gasteiger partial charge in [-0.05, 0) is 24.0 Å². The second-order valence-corrected chi connectivity index (χ2v) is 4.84. The van der Waals surface area contributed by atoms with E-state index in [0.717, 1.165) is 11.1 Å². The number of carbonyl (C=O) groups excluding carboxylic acids is 1. The van der Waals surface area contributed by atoms with Gasteiger partial charge in [0.1, 0.15) is 0 Å². The van der Waals surface area contributed by atoms with E-state index in [-0.39, 0.29) is 11.8 Å². The maximum absolute atomic E-state index is 11.5. The van der Waals surface area contributed by atoms with Crippen molar-refractivity contribution in [3.63, 3.8) is 0 Å². The molecule has 0 spiro atoms. The average Bonchev–Trinajstić information content (AvgIpc) is 2.48. The number of nitrogens with two attached hydrogens (primary N) is 1. The zero-order valence-corrected chi connectivity index (χ0v) is 11.4. The third-order valence-corrected chi connectivity index (χ3v) is 3.26. The molecule has 2 nitrogen and oxygen atoms in total. The van der Waals surface area contributed by atoms with Crippen molar-refractivity contribution in [2.45, 2.75) is 12.8 Å². The lowest BCUT2D eigenvalue weighted by Gasteiger charge is -2.10. The third-order valence-electron chi connectivity index (χ3n) is 3.26. The van der Waals surface area contributed by atoms with E-state index in [0.29, 0.717) is 12.8 Å². The Hall–Kier alpha value is -2.35. The maximum Gasteiger partial charge on any atom is 0.221 e. The normalized spacial score (nSPS) is 12.4. The standard InChI is InChI=1S/C18H19NO/c19-18(20)17(14-16-10-5-2-6-11-16)13-7-12-15-8-3-1-4-9-15/h1-12,17H,13-14H2,(H2,19,20)/b12-7+/t17-/m0/s1. The topological polar surface area (TPSA) is 43.1 Å². The minimum atomic E-state index is -0.244. The summed E-state index contributed by atoms with van der Waals surface area (Å²) in [5.74, 6) is -0.399. The van der Waals surface area contributed by atoms with Crippen LogP contribution < -0.4 is 5.73 Å². The smallest absolute Gasteiger partial charge is 0.221 e. The van der Waals surface area contributed by atoms with E-state index in [2.05, 4.69) is 0 Å². The molecule has 20 heavy (non-hydrogen) atoms. The van der Waals surface area contributed by atoms with Gasteiger partial charge in [0.2, 0.25) is 5.91 Å². The first-order valence-electron chi connectivity index (χ1n) is 6.80. The summed E-state index contributed by atoms with van der Waals surface area (Å²) < 4.78 is 0. The van der Waals surface area contributed by atoms with E-state index in [9.17, 15) is 4.79 Å². The molecule has 2 aromatic rings. The molecule has 0 aliphatic heterocycles. The number of primary amides is 1. The summed E-state index contributed by atoms with van der Waals surface area (Å²) in [6, 6.07) is 20.0. The molecule has 0 saturated carbocycles. The van der Waals surface area contributed by atoms with Crippen LogP contribution in [-0.2, 0) is 11.2 Å². The van der Waals surface area contributed by atoms with Gasteiger partial charge in [-0.1, -0.05) is 72.8 Å². The lowest BCUT2D eigenvalue weighted by molar-refractivity contribution is -0.121. The molecule has 0 aliphatic rings. The van der Waals surface area contributed by atoms with Crippen molar-refractivity contribution < 1.29 is 4.79 Å². The first kappa shape index (κ1) is 14.1. The highest BCUT2D eigenvalue weighted by atomic mass is 16.1. The summed E-state index contributed by atoms with van der Waals surface area (Å²) in [7, 11) is 0. The van der Waals surface area contributed by atoms with Crippen LogP contribution >= 0.6 is 0 Å². The van der Waals surface area contributed by atoms with Crippen LogP contribution in [0.2, 0.25) is 0 Å². The quantitative estimate of drug-likeness (QED) is 0.854. The van der Waals surface area contributed by atoms with Gasteiger partial charge in [-0.2, -0.15) is 0 Å². The molecule has 2 aromatic carbocycles. The summed E-state index contributed by atoms with van der Waals surface area (Å²) >= 11 is 0. The van der Waals surface area contributed by atoms with Crippen LogP contribution in [0.1, 0.15) is 17.5 Å². The Morgan fingerprint density at radius 1 is 1.00 bits per heavy atom. The van der Waals surface area contributed by atoms with Gasteiger partial charge in [0.25, 0.3) is 0 Å². The number of hydrogen-bond acceptors (Lipinski definition) is 1. The minimum absolute atomic E-state index is 0.155. The average molecular weight is 265 g/mol. The molecular formula is C18H19NO. The highest BCUT2D eigenvalue weighted by Gasteiger charge is 2.14. The zero-order valence-electron chi connectivity index (χ0n) is 11.4. The summed E-state index contributed by atoms with van der Waals surface area (Å²) in [6.45, 7) is 0. The predicted molar refractivity (Wildman–Crippen MR) is 82.9 cm³/mol. The van der Waals surface area contributed by atoms with Gasteiger partial charge in [0.05, 0.1) is 0 Å². The molecule has 0 unspecified atom stereocenters. The molecule has 2 rings (SSSR count). The van der Waals surface area contributed by atoms with Gasteiger partial charge in [-0.3, -0.25) is 4.79 Å². The van der Waals surface area contributed by atoms with Gasteiger partial charge in [0.15, 0.2) is 0 Å². The number of benzene rings is 2. The lowest BCUT2D eigenvalue weighted by Crippen LogP contribution is -2.24. The van der Waals surface area contributed by atoms with Crippen molar-refractivity contribution in [3.8, 4) is 0 Å².